The van der Waals surface area contributed by atoms with E-state index in [9.17, 15) is 9.90 Å². The Hall–Kier alpha value is -1.83. The molecule has 0 bridgehead atoms. The summed E-state index contributed by atoms with van der Waals surface area (Å²) in [4.78, 5) is 14.0. The molecule has 2 aromatic rings. The molecule has 24 heavy (non-hydrogen) atoms. The van der Waals surface area contributed by atoms with E-state index in [4.69, 9.17) is 28.9 Å². The van der Waals surface area contributed by atoms with Gasteiger partial charge in [0.15, 0.2) is 5.69 Å². The molecule has 0 spiro atoms. The average Bonchev–Trinajstić information content (AvgIpc) is 3.11. The molecule has 3 rings (SSSR count). The lowest BCUT2D eigenvalue weighted by molar-refractivity contribution is 0.0671. The molecule has 1 fully saturated rings. The SMILES string of the molecule is N[C@@H](c1cc(Cl)c(Cl)cc1O)C1CCN(C(=O)c2c[nH]nn2)CC1. The molecule has 9 heteroatoms. The van der Waals surface area contributed by atoms with Crippen LogP contribution < -0.4 is 5.73 Å². The first kappa shape index (κ1) is 17.0. The topological polar surface area (TPSA) is 108 Å². The predicted molar refractivity (Wildman–Crippen MR) is 90.1 cm³/mol. The van der Waals surface area contributed by atoms with Crippen molar-refractivity contribution in [2.75, 3.05) is 13.1 Å². The molecule has 1 aliphatic heterocycles. The zero-order valence-electron chi connectivity index (χ0n) is 12.7. The summed E-state index contributed by atoms with van der Waals surface area (Å²) in [5.41, 5.74) is 7.19. The van der Waals surface area contributed by atoms with Crippen LogP contribution in [0.1, 0.15) is 34.9 Å². The number of piperidine rings is 1. The number of aromatic hydroxyl groups is 1. The van der Waals surface area contributed by atoms with Gasteiger partial charge in [0.25, 0.3) is 5.91 Å². The van der Waals surface area contributed by atoms with Crippen LogP contribution in [0.2, 0.25) is 10.0 Å². The Bertz CT molecular complexity index is 730. The second-order valence-corrected chi connectivity index (χ2v) is 6.65. The quantitative estimate of drug-likeness (QED) is 0.769. The monoisotopic (exact) mass is 369 g/mol. The number of hydrogen-bond donors (Lipinski definition) is 3. The van der Waals surface area contributed by atoms with E-state index in [-0.39, 0.29) is 28.6 Å². The second-order valence-electron chi connectivity index (χ2n) is 5.84. The van der Waals surface area contributed by atoms with E-state index in [2.05, 4.69) is 15.4 Å². The highest BCUT2D eigenvalue weighted by atomic mass is 35.5. The number of benzene rings is 1. The third-order valence-corrected chi connectivity index (χ3v) is 5.12. The molecule has 128 valence electrons. The Labute approximate surface area is 148 Å². The average molecular weight is 370 g/mol. The molecule has 0 aliphatic carbocycles. The van der Waals surface area contributed by atoms with Gasteiger partial charge in [-0.05, 0) is 24.8 Å². The van der Waals surface area contributed by atoms with Crippen molar-refractivity contribution in [3.8, 4) is 5.75 Å². The van der Waals surface area contributed by atoms with Gasteiger partial charge in [0.2, 0.25) is 0 Å². The van der Waals surface area contributed by atoms with Crippen molar-refractivity contribution in [2.24, 2.45) is 11.7 Å². The van der Waals surface area contributed by atoms with E-state index < -0.39 is 0 Å². The molecule has 7 nitrogen and oxygen atoms in total. The van der Waals surface area contributed by atoms with Crippen LogP contribution in [0, 0.1) is 5.92 Å². The first-order valence-corrected chi connectivity index (χ1v) is 8.32. The van der Waals surface area contributed by atoms with E-state index in [1.54, 1.807) is 11.0 Å². The smallest absolute Gasteiger partial charge is 0.276 e. The van der Waals surface area contributed by atoms with E-state index in [1.807, 2.05) is 0 Å². The van der Waals surface area contributed by atoms with Crippen molar-refractivity contribution in [1.29, 1.82) is 0 Å². The Morgan fingerprint density at radius 3 is 2.62 bits per heavy atom. The fraction of sp³-hybridized carbons (Fsp3) is 0.400. The standard InChI is InChI=1S/C15H17Cl2N5O2/c16-10-5-9(13(23)6-11(10)17)14(18)8-1-3-22(4-2-8)15(24)12-7-19-21-20-12/h5-8,14,23H,1-4,18H2,(H,19,20,21)/t14-/m1/s1. The molecule has 1 aromatic heterocycles. The summed E-state index contributed by atoms with van der Waals surface area (Å²) in [6.07, 6.45) is 2.93. The lowest BCUT2D eigenvalue weighted by atomic mass is 9.85. The zero-order valence-corrected chi connectivity index (χ0v) is 14.3. The highest BCUT2D eigenvalue weighted by Gasteiger charge is 2.30. The molecule has 0 saturated carbocycles. The summed E-state index contributed by atoms with van der Waals surface area (Å²) in [5, 5.41) is 20.6. The highest BCUT2D eigenvalue weighted by Crippen LogP contribution is 2.37. The summed E-state index contributed by atoms with van der Waals surface area (Å²) in [6, 6.07) is 2.64. The number of amides is 1. The number of nitrogens with zero attached hydrogens (tertiary/aromatic N) is 3. The molecule has 1 amide bonds. The third kappa shape index (κ3) is 3.33. The number of halogens is 2. The van der Waals surface area contributed by atoms with Crippen molar-refractivity contribution >= 4 is 29.1 Å². The predicted octanol–water partition coefficient (Wildman–Crippen LogP) is 2.37. The van der Waals surface area contributed by atoms with Crippen LogP contribution in [0.15, 0.2) is 18.3 Å². The van der Waals surface area contributed by atoms with Gasteiger partial charge in [-0.1, -0.05) is 28.4 Å². The highest BCUT2D eigenvalue weighted by molar-refractivity contribution is 6.42. The van der Waals surface area contributed by atoms with E-state index in [1.165, 1.54) is 12.3 Å². The van der Waals surface area contributed by atoms with Crippen LogP contribution in [0.3, 0.4) is 0 Å². The van der Waals surface area contributed by atoms with Gasteiger partial charge in [-0.2, -0.15) is 0 Å². The number of nitrogens with two attached hydrogens (primary N) is 1. The Morgan fingerprint density at radius 1 is 1.33 bits per heavy atom. The molecular weight excluding hydrogens is 353 g/mol. The van der Waals surface area contributed by atoms with Gasteiger partial charge < -0.3 is 15.7 Å². The Kier molecular flexibility index (Phi) is 4.93. The number of aromatic amines is 1. The van der Waals surface area contributed by atoms with Gasteiger partial charge >= 0.3 is 0 Å². The van der Waals surface area contributed by atoms with Crippen LogP contribution in [0.25, 0.3) is 0 Å². The molecule has 1 aliphatic rings. The number of nitrogens with one attached hydrogen (secondary N) is 1. The van der Waals surface area contributed by atoms with Crippen molar-refractivity contribution in [3.05, 3.63) is 39.6 Å². The molecule has 0 unspecified atom stereocenters. The van der Waals surface area contributed by atoms with Crippen molar-refractivity contribution < 1.29 is 9.90 Å². The number of phenols is 1. The maximum absolute atomic E-state index is 12.2. The van der Waals surface area contributed by atoms with E-state index in [0.29, 0.717) is 29.4 Å². The first-order chi connectivity index (χ1) is 11.5. The molecule has 2 heterocycles. The van der Waals surface area contributed by atoms with Crippen molar-refractivity contribution in [1.82, 2.24) is 20.3 Å². The van der Waals surface area contributed by atoms with Gasteiger partial charge in [-0.25, -0.2) is 0 Å². The minimum absolute atomic E-state index is 0.0398. The van der Waals surface area contributed by atoms with Gasteiger partial charge in [0, 0.05) is 30.8 Å². The van der Waals surface area contributed by atoms with Gasteiger partial charge in [0.05, 0.1) is 16.2 Å². The fourth-order valence-corrected chi connectivity index (χ4v) is 3.33. The molecule has 1 saturated heterocycles. The van der Waals surface area contributed by atoms with Crippen LogP contribution in [-0.4, -0.2) is 44.4 Å². The fourth-order valence-electron chi connectivity index (χ4n) is 3.00. The van der Waals surface area contributed by atoms with Crippen molar-refractivity contribution in [3.63, 3.8) is 0 Å². The summed E-state index contributed by atoms with van der Waals surface area (Å²) in [7, 11) is 0. The molecular formula is C15H17Cl2N5O2. The Morgan fingerprint density at radius 2 is 2.00 bits per heavy atom. The lowest BCUT2D eigenvalue weighted by Crippen LogP contribution is -2.41. The lowest BCUT2D eigenvalue weighted by Gasteiger charge is -2.34. The summed E-state index contributed by atoms with van der Waals surface area (Å²) >= 11 is 11.9. The van der Waals surface area contributed by atoms with E-state index in [0.717, 1.165) is 12.8 Å². The number of phenolic OH excluding ortho intramolecular Hbond substituents is 1. The second kappa shape index (κ2) is 6.96. The molecule has 1 aromatic carbocycles. The summed E-state index contributed by atoms with van der Waals surface area (Å²) in [6.45, 7) is 1.15. The number of likely N-dealkylation sites (tertiary alicyclic amines) is 1. The molecule has 0 radical (unpaired) electrons. The van der Waals surface area contributed by atoms with Crippen LogP contribution in [0.5, 0.6) is 5.75 Å². The Balaban J connectivity index is 1.66. The first-order valence-electron chi connectivity index (χ1n) is 7.56. The maximum Gasteiger partial charge on any atom is 0.276 e. The number of aromatic nitrogens is 3. The van der Waals surface area contributed by atoms with Gasteiger partial charge in [-0.3, -0.25) is 9.89 Å². The minimum atomic E-state index is -0.371. The maximum atomic E-state index is 12.2. The molecule has 4 N–H and O–H groups in total. The third-order valence-electron chi connectivity index (χ3n) is 4.40. The zero-order chi connectivity index (χ0) is 17.3. The summed E-state index contributed by atoms with van der Waals surface area (Å²) < 4.78 is 0. The normalized spacial score (nSPS) is 17.0. The van der Waals surface area contributed by atoms with E-state index >= 15 is 0 Å². The minimum Gasteiger partial charge on any atom is -0.508 e. The van der Waals surface area contributed by atoms with Crippen LogP contribution in [-0.2, 0) is 0 Å². The number of H-pyrrole nitrogens is 1. The van der Waals surface area contributed by atoms with Gasteiger partial charge in [0.1, 0.15) is 5.75 Å². The number of carbonyl (C=O) groups excluding carboxylic acids is 1. The van der Waals surface area contributed by atoms with Gasteiger partial charge in [-0.15, -0.1) is 5.10 Å². The number of carbonyl (C=O) groups is 1. The number of rotatable bonds is 3. The van der Waals surface area contributed by atoms with Crippen molar-refractivity contribution in [2.45, 2.75) is 18.9 Å². The summed E-state index contributed by atoms with van der Waals surface area (Å²) in [5.74, 6) is 0.0284. The largest absolute Gasteiger partial charge is 0.508 e. The molecule has 1 atom stereocenters. The van der Waals surface area contributed by atoms with Crippen LogP contribution in [0.4, 0.5) is 0 Å². The number of hydrogen-bond acceptors (Lipinski definition) is 5. The van der Waals surface area contributed by atoms with Crippen LogP contribution >= 0.6 is 23.2 Å².